The van der Waals surface area contributed by atoms with E-state index in [9.17, 15) is 9.59 Å². The predicted molar refractivity (Wildman–Crippen MR) is 71.0 cm³/mol. The van der Waals surface area contributed by atoms with Crippen LogP contribution in [0.2, 0.25) is 0 Å². The molecule has 3 N–H and O–H groups in total. The molecule has 0 unspecified atom stereocenters. The number of hydrogen-bond donors (Lipinski definition) is 3. The highest BCUT2D eigenvalue weighted by Gasteiger charge is 2.23. The van der Waals surface area contributed by atoms with Crippen LogP contribution in [0.5, 0.6) is 0 Å². The fourth-order valence-electron chi connectivity index (χ4n) is 1.62. The quantitative estimate of drug-likeness (QED) is 0.551. The Labute approximate surface area is 113 Å². The number of amides is 2. The topological polar surface area (TPSA) is 87.7 Å². The van der Waals surface area contributed by atoms with Crippen molar-refractivity contribution in [3.8, 4) is 0 Å². The Morgan fingerprint density at radius 1 is 1.37 bits per heavy atom. The summed E-state index contributed by atoms with van der Waals surface area (Å²) in [5.74, 6) is -0.415. The lowest BCUT2D eigenvalue weighted by Gasteiger charge is -2.18. The lowest BCUT2D eigenvalue weighted by molar-refractivity contribution is -0.140. The van der Waals surface area contributed by atoms with Crippen LogP contribution in [0.3, 0.4) is 0 Å². The summed E-state index contributed by atoms with van der Waals surface area (Å²) >= 11 is 0. The van der Waals surface area contributed by atoms with Crippen LogP contribution < -0.4 is 10.6 Å². The van der Waals surface area contributed by atoms with Crippen LogP contribution in [-0.4, -0.2) is 42.9 Å². The molecule has 2 amide bonds. The second-order valence-corrected chi connectivity index (χ2v) is 5.33. The van der Waals surface area contributed by atoms with Crippen molar-refractivity contribution in [1.82, 2.24) is 10.6 Å². The van der Waals surface area contributed by atoms with E-state index in [4.69, 9.17) is 9.84 Å². The van der Waals surface area contributed by atoms with E-state index in [0.717, 1.165) is 18.9 Å². The highest BCUT2D eigenvalue weighted by Crippen LogP contribution is 2.28. The Morgan fingerprint density at radius 2 is 2.05 bits per heavy atom. The first kappa shape index (κ1) is 15.8. The van der Waals surface area contributed by atoms with Crippen LogP contribution in [0.4, 0.5) is 4.79 Å². The molecule has 1 atom stereocenters. The second-order valence-electron chi connectivity index (χ2n) is 5.33. The Kier molecular flexibility index (Phi) is 6.62. The van der Waals surface area contributed by atoms with E-state index in [0.29, 0.717) is 13.2 Å². The Hall–Kier alpha value is -1.30. The van der Waals surface area contributed by atoms with Crippen LogP contribution >= 0.6 is 0 Å². The SMILES string of the molecule is CC(C)[C@H](NC(=O)NCCCOCC1CC1)C(=O)O. The molecule has 0 heterocycles. The van der Waals surface area contributed by atoms with Gasteiger partial charge in [-0.25, -0.2) is 9.59 Å². The van der Waals surface area contributed by atoms with E-state index in [1.165, 1.54) is 12.8 Å². The normalized spacial score (nSPS) is 16.2. The molecule has 1 aliphatic rings. The zero-order valence-electron chi connectivity index (χ0n) is 11.6. The summed E-state index contributed by atoms with van der Waals surface area (Å²) in [6, 6.07) is -1.30. The number of aliphatic carboxylic acids is 1. The smallest absolute Gasteiger partial charge is 0.326 e. The van der Waals surface area contributed by atoms with E-state index in [2.05, 4.69) is 10.6 Å². The molecule has 0 bridgehead atoms. The van der Waals surface area contributed by atoms with Crippen LogP contribution in [0, 0.1) is 11.8 Å². The highest BCUT2D eigenvalue weighted by atomic mass is 16.5. The molecule has 6 heteroatoms. The van der Waals surface area contributed by atoms with Crippen molar-refractivity contribution in [2.45, 2.75) is 39.2 Å². The van der Waals surface area contributed by atoms with Gasteiger partial charge in [0.2, 0.25) is 0 Å². The van der Waals surface area contributed by atoms with Gasteiger partial charge in [-0.2, -0.15) is 0 Å². The van der Waals surface area contributed by atoms with E-state index in [1.807, 2.05) is 0 Å². The minimum Gasteiger partial charge on any atom is -0.480 e. The molecule has 0 spiro atoms. The van der Waals surface area contributed by atoms with Gasteiger partial charge in [-0.3, -0.25) is 0 Å². The van der Waals surface area contributed by atoms with Crippen LogP contribution in [0.25, 0.3) is 0 Å². The number of hydrogen-bond acceptors (Lipinski definition) is 3. The zero-order chi connectivity index (χ0) is 14.3. The van der Waals surface area contributed by atoms with E-state index in [1.54, 1.807) is 13.8 Å². The third-order valence-corrected chi connectivity index (χ3v) is 3.02. The number of carbonyl (C=O) groups is 2. The van der Waals surface area contributed by atoms with Crippen molar-refractivity contribution < 1.29 is 19.4 Å². The van der Waals surface area contributed by atoms with Crippen molar-refractivity contribution in [1.29, 1.82) is 0 Å². The molecule has 1 aliphatic carbocycles. The van der Waals surface area contributed by atoms with Gasteiger partial charge in [-0.15, -0.1) is 0 Å². The van der Waals surface area contributed by atoms with Gasteiger partial charge in [-0.05, 0) is 31.1 Å². The third-order valence-electron chi connectivity index (χ3n) is 3.02. The van der Waals surface area contributed by atoms with E-state index >= 15 is 0 Å². The molecule has 0 radical (unpaired) electrons. The van der Waals surface area contributed by atoms with Gasteiger partial charge in [0.15, 0.2) is 0 Å². The number of ether oxygens (including phenoxy) is 1. The summed E-state index contributed by atoms with van der Waals surface area (Å²) < 4.78 is 5.43. The number of rotatable bonds is 9. The number of urea groups is 1. The number of nitrogens with one attached hydrogen (secondary N) is 2. The second kappa shape index (κ2) is 7.99. The van der Waals surface area contributed by atoms with Gasteiger partial charge in [0.05, 0.1) is 0 Å². The Bertz CT molecular complexity index is 303. The highest BCUT2D eigenvalue weighted by molar-refractivity contribution is 5.82. The maximum atomic E-state index is 11.5. The maximum Gasteiger partial charge on any atom is 0.326 e. The Balaban J connectivity index is 2.03. The van der Waals surface area contributed by atoms with E-state index < -0.39 is 18.0 Å². The summed E-state index contributed by atoms with van der Waals surface area (Å²) in [4.78, 5) is 22.4. The minimum absolute atomic E-state index is 0.148. The summed E-state index contributed by atoms with van der Waals surface area (Å²) in [5.41, 5.74) is 0. The lowest BCUT2D eigenvalue weighted by atomic mass is 10.1. The van der Waals surface area contributed by atoms with Crippen molar-refractivity contribution >= 4 is 12.0 Å². The predicted octanol–water partition coefficient (Wildman–Crippen LogP) is 1.21. The van der Waals surface area contributed by atoms with Gasteiger partial charge < -0.3 is 20.5 Å². The average Bonchev–Trinajstić information content (AvgIpc) is 3.13. The van der Waals surface area contributed by atoms with Gasteiger partial charge in [0, 0.05) is 19.8 Å². The number of carboxylic acids is 1. The molecule has 1 rings (SSSR count). The summed E-state index contributed by atoms with van der Waals surface area (Å²) in [7, 11) is 0. The van der Waals surface area contributed by atoms with Gasteiger partial charge in [-0.1, -0.05) is 13.8 Å². The first-order chi connectivity index (χ1) is 9.00. The molecule has 1 saturated carbocycles. The molecular formula is C13H24N2O4. The van der Waals surface area contributed by atoms with E-state index in [-0.39, 0.29) is 5.92 Å². The average molecular weight is 272 g/mol. The van der Waals surface area contributed by atoms with Crippen molar-refractivity contribution in [3.63, 3.8) is 0 Å². The standard InChI is InChI=1S/C13H24N2O4/c1-9(2)11(12(16)17)15-13(18)14-6-3-7-19-8-10-4-5-10/h9-11H,3-8H2,1-2H3,(H,16,17)(H2,14,15,18)/t11-/m0/s1. The molecule has 0 aromatic heterocycles. The van der Waals surface area contributed by atoms with Crippen molar-refractivity contribution in [3.05, 3.63) is 0 Å². The minimum atomic E-state index is -1.02. The first-order valence-electron chi connectivity index (χ1n) is 6.85. The molecule has 1 fully saturated rings. The number of carboxylic acid groups (broad SMARTS) is 1. The molecule has 110 valence electrons. The number of carbonyl (C=O) groups excluding carboxylic acids is 1. The molecule has 0 aromatic carbocycles. The fourth-order valence-corrected chi connectivity index (χ4v) is 1.62. The molecule has 0 aromatic rings. The Morgan fingerprint density at radius 3 is 2.58 bits per heavy atom. The van der Waals surface area contributed by atoms with Gasteiger partial charge >= 0.3 is 12.0 Å². The van der Waals surface area contributed by atoms with Crippen LogP contribution in [0.15, 0.2) is 0 Å². The third kappa shape index (κ3) is 7.00. The molecule has 0 aliphatic heterocycles. The molecular weight excluding hydrogens is 248 g/mol. The summed E-state index contributed by atoms with van der Waals surface area (Å²) in [5, 5.41) is 14.0. The lowest BCUT2D eigenvalue weighted by Crippen LogP contribution is -2.48. The molecule has 0 saturated heterocycles. The monoisotopic (exact) mass is 272 g/mol. The van der Waals surface area contributed by atoms with Crippen molar-refractivity contribution in [2.24, 2.45) is 11.8 Å². The van der Waals surface area contributed by atoms with Crippen molar-refractivity contribution in [2.75, 3.05) is 19.8 Å². The zero-order valence-corrected chi connectivity index (χ0v) is 11.6. The van der Waals surface area contributed by atoms with Crippen LogP contribution in [-0.2, 0) is 9.53 Å². The maximum absolute atomic E-state index is 11.5. The molecule has 6 nitrogen and oxygen atoms in total. The van der Waals surface area contributed by atoms with Gasteiger partial charge in [0.1, 0.15) is 6.04 Å². The largest absolute Gasteiger partial charge is 0.480 e. The first-order valence-corrected chi connectivity index (χ1v) is 6.85. The molecule has 19 heavy (non-hydrogen) atoms. The summed E-state index contributed by atoms with van der Waals surface area (Å²) in [6.07, 6.45) is 3.28. The van der Waals surface area contributed by atoms with Crippen LogP contribution in [0.1, 0.15) is 33.1 Å². The fraction of sp³-hybridized carbons (Fsp3) is 0.846. The summed E-state index contributed by atoms with van der Waals surface area (Å²) in [6.45, 7) is 5.44. The van der Waals surface area contributed by atoms with Gasteiger partial charge in [0.25, 0.3) is 0 Å².